The number of carbonyl (C=O) groups is 3. The number of hydrogen-bond donors (Lipinski definition) is 0. The van der Waals surface area contributed by atoms with Crippen molar-refractivity contribution in [2.45, 2.75) is 46.0 Å². The Kier molecular flexibility index (Phi) is 4.04. The minimum atomic E-state index is -0.419. The van der Waals surface area contributed by atoms with Crippen molar-refractivity contribution >= 4 is 34.1 Å². The summed E-state index contributed by atoms with van der Waals surface area (Å²) >= 11 is 1.41. The molecule has 1 aliphatic heterocycles. The molecule has 1 fully saturated rings. The number of amides is 2. The van der Waals surface area contributed by atoms with Crippen molar-refractivity contribution in [3.05, 3.63) is 16.0 Å². The summed E-state index contributed by atoms with van der Waals surface area (Å²) in [6, 6.07) is 0. The second-order valence-corrected chi connectivity index (χ2v) is 6.96. The summed E-state index contributed by atoms with van der Waals surface area (Å²) < 4.78 is 5.17. The maximum absolute atomic E-state index is 12.4. The largest absolute Gasteiger partial charge is 0.462 e. The molecular weight excluding hydrogens is 302 g/mol. The van der Waals surface area contributed by atoms with Crippen molar-refractivity contribution in [3.8, 4) is 0 Å². The average Bonchev–Trinajstić information content (AvgIpc) is 2.98. The van der Waals surface area contributed by atoms with Crippen LogP contribution in [0.15, 0.2) is 0 Å². The number of rotatable bonds is 3. The van der Waals surface area contributed by atoms with E-state index < -0.39 is 5.97 Å². The highest BCUT2D eigenvalue weighted by Gasteiger charge is 2.38. The standard InChI is InChI=1S/C16H19NO4S/c1-3-21-16(20)14-10-5-4-9(2)8-11(10)22-15(14)17-12(18)6-7-13(17)19/h9H,3-8H2,1-2H3/t9-/m0/s1. The van der Waals surface area contributed by atoms with Gasteiger partial charge in [0.25, 0.3) is 0 Å². The molecule has 5 nitrogen and oxygen atoms in total. The smallest absolute Gasteiger partial charge is 0.341 e. The topological polar surface area (TPSA) is 63.7 Å². The number of carbonyl (C=O) groups excluding carboxylic acids is 3. The van der Waals surface area contributed by atoms with Crippen molar-refractivity contribution in [2.24, 2.45) is 5.92 Å². The van der Waals surface area contributed by atoms with Crippen molar-refractivity contribution in [3.63, 3.8) is 0 Å². The van der Waals surface area contributed by atoms with Crippen LogP contribution in [0.25, 0.3) is 0 Å². The van der Waals surface area contributed by atoms with Crippen LogP contribution in [0.1, 0.15) is 53.9 Å². The second-order valence-electron chi connectivity index (χ2n) is 5.88. The van der Waals surface area contributed by atoms with Gasteiger partial charge in [-0.1, -0.05) is 6.92 Å². The third-order valence-corrected chi connectivity index (χ3v) is 5.47. The molecule has 0 aromatic carbocycles. The van der Waals surface area contributed by atoms with Gasteiger partial charge in [0, 0.05) is 17.7 Å². The summed E-state index contributed by atoms with van der Waals surface area (Å²) in [5, 5.41) is 0.477. The van der Waals surface area contributed by atoms with Gasteiger partial charge >= 0.3 is 5.97 Å². The lowest BCUT2D eigenvalue weighted by atomic mass is 9.88. The summed E-state index contributed by atoms with van der Waals surface area (Å²) in [7, 11) is 0. The normalized spacial score (nSPS) is 21.2. The number of ether oxygens (including phenoxy) is 1. The SMILES string of the molecule is CCOC(=O)c1c(N2C(=O)CCC2=O)sc2c1CC[C@H](C)C2. The Hall–Kier alpha value is -1.69. The van der Waals surface area contributed by atoms with Gasteiger partial charge in [-0.3, -0.25) is 9.59 Å². The fourth-order valence-electron chi connectivity index (χ4n) is 3.11. The van der Waals surface area contributed by atoms with Gasteiger partial charge in [-0.05, 0) is 37.7 Å². The van der Waals surface area contributed by atoms with E-state index in [2.05, 4.69) is 6.92 Å². The maximum atomic E-state index is 12.4. The van der Waals surface area contributed by atoms with Crippen molar-refractivity contribution in [1.82, 2.24) is 0 Å². The zero-order chi connectivity index (χ0) is 15.9. The molecule has 0 N–H and O–H groups in total. The van der Waals surface area contributed by atoms with Crippen LogP contribution in [0.4, 0.5) is 5.00 Å². The van der Waals surface area contributed by atoms with E-state index in [1.807, 2.05) is 0 Å². The minimum Gasteiger partial charge on any atom is -0.462 e. The number of thiophene rings is 1. The molecule has 1 aromatic heterocycles. The molecule has 1 aromatic rings. The summed E-state index contributed by atoms with van der Waals surface area (Å²) in [5.41, 5.74) is 1.42. The van der Waals surface area contributed by atoms with E-state index in [1.54, 1.807) is 6.92 Å². The Labute approximate surface area is 133 Å². The quantitative estimate of drug-likeness (QED) is 0.634. The molecule has 0 saturated carbocycles. The number of hydrogen-bond acceptors (Lipinski definition) is 5. The molecule has 0 bridgehead atoms. The molecule has 22 heavy (non-hydrogen) atoms. The summed E-state index contributed by atoms with van der Waals surface area (Å²) in [5.74, 6) is -0.305. The summed E-state index contributed by atoms with van der Waals surface area (Å²) in [6.07, 6.45) is 3.15. The Morgan fingerprint density at radius 3 is 2.59 bits per heavy atom. The Balaban J connectivity index is 2.10. The third kappa shape index (κ3) is 2.45. The van der Waals surface area contributed by atoms with Crippen LogP contribution in [0.3, 0.4) is 0 Å². The lowest BCUT2D eigenvalue weighted by molar-refractivity contribution is -0.121. The van der Waals surface area contributed by atoms with Gasteiger partial charge in [-0.2, -0.15) is 0 Å². The monoisotopic (exact) mass is 321 g/mol. The summed E-state index contributed by atoms with van der Waals surface area (Å²) in [6.45, 7) is 4.21. The Morgan fingerprint density at radius 2 is 1.95 bits per heavy atom. The van der Waals surface area contributed by atoms with Gasteiger partial charge in [0.1, 0.15) is 5.00 Å². The van der Waals surface area contributed by atoms with Crippen molar-refractivity contribution < 1.29 is 19.1 Å². The average molecular weight is 321 g/mol. The number of esters is 1. The molecule has 0 radical (unpaired) electrons. The second kappa shape index (κ2) is 5.83. The summed E-state index contributed by atoms with van der Waals surface area (Å²) in [4.78, 5) is 38.8. The first-order valence-corrected chi connectivity index (χ1v) is 8.52. The molecule has 1 atom stereocenters. The Morgan fingerprint density at radius 1 is 1.27 bits per heavy atom. The molecule has 3 rings (SSSR count). The molecule has 0 spiro atoms. The molecule has 2 aliphatic rings. The van der Waals surface area contributed by atoms with Gasteiger partial charge in [0.2, 0.25) is 11.8 Å². The third-order valence-electron chi connectivity index (χ3n) is 4.23. The van der Waals surface area contributed by atoms with E-state index in [9.17, 15) is 14.4 Å². The van der Waals surface area contributed by atoms with Crippen LogP contribution in [-0.4, -0.2) is 24.4 Å². The molecule has 0 unspecified atom stereocenters. The highest BCUT2D eigenvalue weighted by atomic mass is 32.1. The number of nitrogens with zero attached hydrogens (tertiary/aromatic N) is 1. The van der Waals surface area contributed by atoms with Gasteiger partial charge in [0.05, 0.1) is 12.2 Å². The molecule has 118 valence electrons. The van der Waals surface area contributed by atoms with E-state index in [-0.39, 0.29) is 31.3 Å². The lowest BCUT2D eigenvalue weighted by Gasteiger charge is -2.18. The van der Waals surface area contributed by atoms with E-state index in [0.717, 1.165) is 29.7 Å². The van der Waals surface area contributed by atoms with E-state index in [0.29, 0.717) is 16.5 Å². The number of fused-ring (bicyclic) bond motifs is 1. The first-order chi connectivity index (χ1) is 10.5. The highest BCUT2D eigenvalue weighted by Crippen LogP contribution is 2.43. The predicted octanol–water partition coefficient (Wildman–Crippen LogP) is 2.70. The van der Waals surface area contributed by atoms with Crippen molar-refractivity contribution in [2.75, 3.05) is 11.5 Å². The molecule has 6 heteroatoms. The number of imide groups is 1. The molecule has 2 amide bonds. The van der Waals surface area contributed by atoms with Crippen molar-refractivity contribution in [1.29, 1.82) is 0 Å². The first-order valence-electron chi connectivity index (χ1n) is 7.70. The number of anilines is 1. The van der Waals surface area contributed by atoms with Gasteiger partial charge in [-0.25, -0.2) is 9.69 Å². The molecule has 1 aliphatic carbocycles. The lowest BCUT2D eigenvalue weighted by Crippen LogP contribution is -2.29. The van der Waals surface area contributed by atoms with Crippen LogP contribution >= 0.6 is 11.3 Å². The Bertz CT molecular complexity index is 633. The fourth-order valence-corrected chi connectivity index (χ4v) is 4.64. The zero-order valence-electron chi connectivity index (χ0n) is 12.8. The minimum absolute atomic E-state index is 0.220. The zero-order valence-corrected chi connectivity index (χ0v) is 13.6. The van der Waals surface area contributed by atoms with E-state index >= 15 is 0 Å². The molecular formula is C16H19NO4S. The fraction of sp³-hybridized carbons (Fsp3) is 0.562. The van der Waals surface area contributed by atoms with E-state index in [4.69, 9.17) is 4.74 Å². The predicted molar refractivity (Wildman–Crippen MR) is 83.2 cm³/mol. The van der Waals surface area contributed by atoms with Gasteiger partial charge in [-0.15, -0.1) is 11.3 Å². The van der Waals surface area contributed by atoms with Crippen LogP contribution in [-0.2, 0) is 27.2 Å². The first kappa shape index (κ1) is 15.2. The van der Waals surface area contributed by atoms with Crippen LogP contribution in [0.2, 0.25) is 0 Å². The van der Waals surface area contributed by atoms with Crippen LogP contribution in [0.5, 0.6) is 0 Å². The van der Waals surface area contributed by atoms with Crippen LogP contribution in [0, 0.1) is 5.92 Å². The molecule has 1 saturated heterocycles. The van der Waals surface area contributed by atoms with Crippen LogP contribution < -0.4 is 4.90 Å². The highest BCUT2D eigenvalue weighted by molar-refractivity contribution is 7.17. The molecule has 2 heterocycles. The maximum Gasteiger partial charge on any atom is 0.341 e. The van der Waals surface area contributed by atoms with Gasteiger partial charge < -0.3 is 4.74 Å². The van der Waals surface area contributed by atoms with Gasteiger partial charge in [0.15, 0.2) is 0 Å². The van der Waals surface area contributed by atoms with E-state index in [1.165, 1.54) is 16.2 Å².